The molecule has 2 aliphatic rings. The standard InChI is InChI=1S/C17H20N2O5S2/c1-10-4-3-5-12(11(10)2)19-13-8-26(23,24)9-14(13)25-17(19)18-15(20)6-7-16(21)22/h3-5,13-14H,6-9H2,1-2H3,(H,21,22)/p-1/t13-,14-/m1/s1. The minimum atomic E-state index is -3.13. The minimum absolute atomic E-state index is 0.0182. The summed E-state index contributed by atoms with van der Waals surface area (Å²) in [5.74, 6) is -1.78. The van der Waals surface area contributed by atoms with E-state index in [0.717, 1.165) is 16.8 Å². The monoisotopic (exact) mass is 395 g/mol. The summed E-state index contributed by atoms with van der Waals surface area (Å²) in [6.45, 7) is 3.91. The molecule has 26 heavy (non-hydrogen) atoms. The van der Waals surface area contributed by atoms with Crippen molar-refractivity contribution in [2.45, 2.75) is 38.0 Å². The SMILES string of the molecule is Cc1cccc(N2C(=NC(=O)CCC(=O)[O-])S[C@@H]3CS(=O)(=O)C[C@H]32)c1C. The van der Waals surface area contributed by atoms with Crippen molar-refractivity contribution in [3.05, 3.63) is 29.3 Å². The Morgan fingerprint density at radius 1 is 1.27 bits per heavy atom. The molecule has 9 heteroatoms. The van der Waals surface area contributed by atoms with Gasteiger partial charge in [-0.25, -0.2) is 8.42 Å². The lowest BCUT2D eigenvalue weighted by Gasteiger charge is -2.26. The number of carboxylic acids is 1. The molecule has 0 radical (unpaired) electrons. The van der Waals surface area contributed by atoms with E-state index in [2.05, 4.69) is 4.99 Å². The van der Waals surface area contributed by atoms with Gasteiger partial charge in [0.1, 0.15) is 0 Å². The molecular formula is C17H19N2O5S2-. The number of thioether (sulfide) groups is 1. The molecule has 3 rings (SSSR count). The van der Waals surface area contributed by atoms with Crippen LogP contribution in [0.25, 0.3) is 0 Å². The van der Waals surface area contributed by atoms with E-state index in [1.165, 1.54) is 11.8 Å². The number of carbonyl (C=O) groups excluding carboxylic acids is 2. The largest absolute Gasteiger partial charge is 0.550 e. The maximum Gasteiger partial charge on any atom is 0.248 e. The highest BCUT2D eigenvalue weighted by molar-refractivity contribution is 8.16. The van der Waals surface area contributed by atoms with Gasteiger partial charge in [-0.3, -0.25) is 4.79 Å². The Hall–Kier alpha value is -1.87. The maximum atomic E-state index is 12.1. The number of amidine groups is 1. The van der Waals surface area contributed by atoms with E-state index in [0.29, 0.717) is 5.17 Å². The van der Waals surface area contributed by atoms with Crippen LogP contribution in [0.1, 0.15) is 24.0 Å². The first-order chi connectivity index (χ1) is 12.2. The van der Waals surface area contributed by atoms with Crippen molar-refractivity contribution in [1.29, 1.82) is 0 Å². The van der Waals surface area contributed by atoms with Gasteiger partial charge < -0.3 is 14.8 Å². The molecule has 0 aliphatic carbocycles. The predicted molar refractivity (Wildman–Crippen MR) is 98.9 cm³/mol. The predicted octanol–water partition coefficient (Wildman–Crippen LogP) is 0.435. The number of anilines is 1. The molecule has 2 aliphatic heterocycles. The number of fused-ring (bicyclic) bond motifs is 1. The molecule has 0 aromatic heterocycles. The van der Waals surface area contributed by atoms with Crippen molar-refractivity contribution < 1.29 is 23.1 Å². The number of amides is 1. The molecule has 7 nitrogen and oxygen atoms in total. The molecular weight excluding hydrogens is 376 g/mol. The molecule has 0 spiro atoms. The molecule has 140 valence electrons. The number of carboxylic acid groups (broad SMARTS) is 1. The van der Waals surface area contributed by atoms with Crippen LogP contribution >= 0.6 is 11.8 Å². The van der Waals surface area contributed by atoms with Crippen LogP contribution in [0.4, 0.5) is 5.69 Å². The van der Waals surface area contributed by atoms with E-state index in [-0.39, 0.29) is 35.6 Å². The first kappa shape index (κ1) is 18.9. The normalized spacial score (nSPS) is 25.5. The smallest absolute Gasteiger partial charge is 0.248 e. The van der Waals surface area contributed by atoms with Crippen LogP contribution in [-0.2, 0) is 19.4 Å². The fourth-order valence-electron chi connectivity index (χ4n) is 3.21. The zero-order valence-corrected chi connectivity index (χ0v) is 16.1. The molecule has 0 bridgehead atoms. The highest BCUT2D eigenvalue weighted by Gasteiger charge is 2.49. The number of carbonyl (C=O) groups is 2. The molecule has 2 saturated heterocycles. The van der Waals surface area contributed by atoms with Gasteiger partial charge in [-0.05, 0) is 37.5 Å². The Bertz CT molecular complexity index is 894. The van der Waals surface area contributed by atoms with Crippen LogP contribution < -0.4 is 10.0 Å². The maximum absolute atomic E-state index is 12.1. The van der Waals surface area contributed by atoms with Gasteiger partial charge in [0, 0.05) is 23.3 Å². The van der Waals surface area contributed by atoms with Crippen LogP contribution in [0.2, 0.25) is 0 Å². The summed E-state index contributed by atoms with van der Waals surface area (Å²) in [6.07, 6.45) is -0.619. The van der Waals surface area contributed by atoms with E-state index in [1.807, 2.05) is 36.9 Å². The van der Waals surface area contributed by atoms with E-state index in [9.17, 15) is 23.1 Å². The number of hydrogen-bond donors (Lipinski definition) is 0. The Morgan fingerprint density at radius 2 is 2.00 bits per heavy atom. The third-order valence-corrected chi connectivity index (χ3v) is 7.88. The summed E-state index contributed by atoms with van der Waals surface area (Å²) in [6, 6.07) is 5.46. The van der Waals surface area contributed by atoms with Crippen LogP contribution in [0.15, 0.2) is 23.2 Å². The third-order valence-electron chi connectivity index (χ3n) is 4.67. The molecule has 2 fully saturated rings. The highest BCUT2D eigenvalue weighted by atomic mass is 32.2. The van der Waals surface area contributed by atoms with E-state index in [4.69, 9.17) is 0 Å². The lowest BCUT2D eigenvalue weighted by molar-refractivity contribution is -0.305. The van der Waals surface area contributed by atoms with Gasteiger partial charge in [-0.2, -0.15) is 4.99 Å². The Labute approximate surface area is 156 Å². The number of aryl methyl sites for hydroxylation is 1. The molecule has 2 atom stereocenters. The van der Waals surface area contributed by atoms with Gasteiger partial charge >= 0.3 is 0 Å². The van der Waals surface area contributed by atoms with Crippen LogP contribution in [0.5, 0.6) is 0 Å². The summed E-state index contributed by atoms with van der Waals surface area (Å²) in [4.78, 5) is 28.5. The zero-order chi connectivity index (χ0) is 19.1. The van der Waals surface area contributed by atoms with Gasteiger partial charge in [0.25, 0.3) is 0 Å². The van der Waals surface area contributed by atoms with Crippen LogP contribution in [0.3, 0.4) is 0 Å². The minimum Gasteiger partial charge on any atom is -0.550 e. The number of benzene rings is 1. The summed E-state index contributed by atoms with van der Waals surface area (Å²) in [5.41, 5.74) is 2.88. The summed E-state index contributed by atoms with van der Waals surface area (Å²) in [7, 11) is -3.13. The Morgan fingerprint density at radius 3 is 2.69 bits per heavy atom. The lowest BCUT2D eigenvalue weighted by Crippen LogP contribution is -2.38. The number of rotatable bonds is 4. The second kappa shape index (κ2) is 7.03. The van der Waals surface area contributed by atoms with Gasteiger partial charge in [0.05, 0.1) is 17.5 Å². The molecule has 2 heterocycles. The quantitative estimate of drug-likeness (QED) is 0.728. The van der Waals surface area contributed by atoms with Gasteiger partial charge in [0.2, 0.25) is 5.91 Å². The number of aliphatic carboxylic acids is 1. The highest BCUT2D eigenvalue weighted by Crippen LogP contribution is 2.42. The molecule has 1 amide bonds. The van der Waals surface area contributed by atoms with E-state index in [1.54, 1.807) is 0 Å². The number of aliphatic imine (C=N–C) groups is 1. The van der Waals surface area contributed by atoms with Crippen molar-refractivity contribution >= 4 is 44.3 Å². The average molecular weight is 395 g/mol. The van der Waals surface area contributed by atoms with Crippen molar-refractivity contribution in [3.8, 4) is 0 Å². The van der Waals surface area contributed by atoms with Crippen LogP contribution in [0, 0.1) is 13.8 Å². The molecule has 0 unspecified atom stereocenters. The fourth-order valence-corrected chi connectivity index (χ4v) is 7.14. The van der Waals surface area contributed by atoms with Crippen LogP contribution in [-0.4, -0.2) is 48.3 Å². The summed E-state index contributed by atoms with van der Waals surface area (Å²) >= 11 is 1.28. The van der Waals surface area contributed by atoms with Crippen molar-refractivity contribution in [3.63, 3.8) is 0 Å². The average Bonchev–Trinajstić information content (AvgIpc) is 2.99. The Kier molecular flexibility index (Phi) is 5.12. The van der Waals surface area contributed by atoms with Crippen molar-refractivity contribution in [2.24, 2.45) is 4.99 Å². The first-order valence-corrected chi connectivity index (χ1v) is 10.9. The molecule has 0 N–H and O–H groups in total. The Balaban J connectivity index is 1.97. The van der Waals surface area contributed by atoms with Gasteiger partial charge in [-0.15, -0.1) is 0 Å². The van der Waals surface area contributed by atoms with Gasteiger partial charge in [-0.1, -0.05) is 23.9 Å². The van der Waals surface area contributed by atoms with Crippen molar-refractivity contribution in [1.82, 2.24) is 0 Å². The summed E-state index contributed by atoms with van der Waals surface area (Å²) in [5, 5.41) is 10.8. The van der Waals surface area contributed by atoms with Gasteiger partial charge in [0.15, 0.2) is 15.0 Å². The third kappa shape index (κ3) is 3.78. The first-order valence-electron chi connectivity index (χ1n) is 8.22. The lowest BCUT2D eigenvalue weighted by atomic mass is 10.1. The van der Waals surface area contributed by atoms with E-state index >= 15 is 0 Å². The molecule has 0 saturated carbocycles. The zero-order valence-electron chi connectivity index (χ0n) is 14.5. The summed E-state index contributed by atoms with van der Waals surface area (Å²) < 4.78 is 24.1. The second-order valence-electron chi connectivity index (χ2n) is 6.55. The van der Waals surface area contributed by atoms with E-state index < -0.39 is 21.7 Å². The topological polar surface area (TPSA) is 107 Å². The van der Waals surface area contributed by atoms with Crippen molar-refractivity contribution in [2.75, 3.05) is 16.4 Å². The number of nitrogens with zero attached hydrogens (tertiary/aromatic N) is 2. The number of sulfone groups is 1. The molecule has 1 aromatic carbocycles. The second-order valence-corrected chi connectivity index (χ2v) is 9.91. The fraction of sp³-hybridized carbons (Fsp3) is 0.471. The number of hydrogen-bond acceptors (Lipinski definition) is 6. The molecule has 1 aromatic rings.